The van der Waals surface area contributed by atoms with E-state index in [1.54, 1.807) is 6.21 Å². The molecule has 1 aromatic heterocycles. The van der Waals surface area contributed by atoms with Crippen LogP contribution in [0.25, 0.3) is 0 Å². The number of carboxylic acid groups (broad SMARTS) is 1. The molecule has 23 heavy (non-hydrogen) atoms. The number of nitrogens with zero attached hydrogens (tertiary/aromatic N) is 4. The Hall–Kier alpha value is -2.41. The number of hydrogen-bond acceptors (Lipinski definition) is 5. The second-order valence-corrected chi connectivity index (χ2v) is 6.14. The first kappa shape index (κ1) is 15.5. The Morgan fingerprint density at radius 3 is 2.83 bits per heavy atom. The average Bonchev–Trinajstić information content (AvgIpc) is 2.87. The zero-order chi connectivity index (χ0) is 16.4. The topological polar surface area (TPSA) is 80.0 Å². The first-order chi connectivity index (χ1) is 11.0. The molecular formula is C16H20N4O3. The van der Waals surface area contributed by atoms with Gasteiger partial charge < -0.3 is 14.7 Å². The van der Waals surface area contributed by atoms with Crippen LogP contribution in [0.4, 0.5) is 0 Å². The zero-order valence-corrected chi connectivity index (χ0v) is 13.1. The van der Waals surface area contributed by atoms with Crippen LogP contribution in [0.1, 0.15) is 17.3 Å². The Morgan fingerprint density at radius 1 is 1.57 bits per heavy atom. The summed E-state index contributed by atoms with van der Waals surface area (Å²) in [5, 5.41) is 12.9. The van der Waals surface area contributed by atoms with Crippen molar-refractivity contribution in [1.29, 1.82) is 0 Å². The lowest BCUT2D eigenvalue weighted by molar-refractivity contribution is -0.180. The Morgan fingerprint density at radius 2 is 2.30 bits per heavy atom. The lowest BCUT2D eigenvalue weighted by atomic mass is 9.78. The molecule has 2 aliphatic rings. The molecule has 3 heterocycles. The number of carboxylic acids is 1. The summed E-state index contributed by atoms with van der Waals surface area (Å²) in [6, 6.07) is 0. The number of ether oxygens (including phenoxy) is 1. The second kappa shape index (κ2) is 6.00. The van der Waals surface area contributed by atoms with Crippen LogP contribution in [0.3, 0.4) is 0 Å². The van der Waals surface area contributed by atoms with Gasteiger partial charge in [-0.25, -0.2) is 9.79 Å². The summed E-state index contributed by atoms with van der Waals surface area (Å²) in [5.41, 5.74) is 1.27. The van der Waals surface area contributed by atoms with Gasteiger partial charge in [-0.3, -0.25) is 4.68 Å². The Kier molecular flexibility index (Phi) is 4.04. The smallest absolute Gasteiger partial charge is 0.338 e. The van der Waals surface area contributed by atoms with Crippen molar-refractivity contribution in [3.05, 3.63) is 42.0 Å². The quantitative estimate of drug-likeness (QED) is 0.803. The number of allylic oxidation sites excluding steroid dienone is 2. The SMILES string of the molecule is C=C(/C=N\C(=C/C)N1CC2(COC2)C1)Cn1cc(C(=O)O)cn1. The number of rotatable bonds is 6. The van der Waals surface area contributed by atoms with Gasteiger partial charge in [0.2, 0.25) is 0 Å². The molecule has 0 amide bonds. The molecule has 0 atom stereocenters. The van der Waals surface area contributed by atoms with Crippen molar-refractivity contribution in [3.63, 3.8) is 0 Å². The predicted molar refractivity (Wildman–Crippen MR) is 85.4 cm³/mol. The number of aromatic nitrogens is 2. The van der Waals surface area contributed by atoms with Crippen LogP contribution in [0.5, 0.6) is 0 Å². The molecule has 0 aliphatic carbocycles. The summed E-state index contributed by atoms with van der Waals surface area (Å²) >= 11 is 0. The van der Waals surface area contributed by atoms with Gasteiger partial charge in [-0.1, -0.05) is 6.58 Å². The molecular weight excluding hydrogens is 296 g/mol. The molecule has 3 rings (SSSR count). The number of aromatic carboxylic acids is 1. The highest BCUT2D eigenvalue weighted by Gasteiger charge is 2.49. The molecule has 2 fully saturated rings. The standard InChI is InChI=1S/C16H20N4O3/c1-3-14(19-8-16(9-19)10-23-11-16)17-4-12(2)6-20-7-13(5-18-20)15(21)22/h3-5,7H,2,6,8-11H2,1H3,(H,21,22)/b14-3+,17-4-. The number of likely N-dealkylation sites (tertiary alicyclic amines) is 1. The predicted octanol–water partition coefficient (Wildman–Crippen LogP) is 1.40. The van der Waals surface area contributed by atoms with E-state index in [0.717, 1.165) is 37.7 Å². The zero-order valence-electron chi connectivity index (χ0n) is 13.1. The van der Waals surface area contributed by atoms with Gasteiger partial charge in [0.1, 0.15) is 5.82 Å². The van der Waals surface area contributed by atoms with Crippen LogP contribution >= 0.6 is 0 Å². The summed E-state index contributed by atoms with van der Waals surface area (Å²) in [4.78, 5) is 17.5. The lowest BCUT2D eigenvalue weighted by Gasteiger charge is -2.55. The molecule has 0 saturated carbocycles. The van der Waals surface area contributed by atoms with Crippen LogP contribution in [0, 0.1) is 5.41 Å². The van der Waals surface area contributed by atoms with E-state index in [2.05, 4.69) is 21.6 Å². The van der Waals surface area contributed by atoms with Gasteiger partial charge in [-0.2, -0.15) is 5.10 Å². The third kappa shape index (κ3) is 3.19. The van der Waals surface area contributed by atoms with Gasteiger partial charge in [0, 0.05) is 25.5 Å². The third-order valence-electron chi connectivity index (χ3n) is 4.08. The Balaban J connectivity index is 1.53. The molecule has 122 valence electrons. The van der Waals surface area contributed by atoms with Gasteiger partial charge in [0.25, 0.3) is 0 Å². The highest BCUT2D eigenvalue weighted by Crippen LogP contribution is 2.39. The minimum absolute atomic E-state index is 0.164. The van der Waals surface area contributed by atoms with E-state index in [-0.39, 0.29) is 5.56 Å². The molecule has 1 N–H and O–H groups in total. The normalized spacial score (nSPS) is 19.7. The van der Waals surface area contributed by atoms with Crippen LogP contribution in [-0.2, 0) is 11.3 Å². The fourth-order valence-electron chi connectivity index (χ4n) is 2.80. The molecule has 2 aliphatic heterocycles. The van der Waals surface area contributed by atoms with E-state index in [9.17, 15) is 4.79 Å². The Bertz CT molecular complexity index is 677. The number of aliphatic imine (C=N–C) groups is 1. The summed E-state index contributed by atoms with van der Waals surface area (Å²) in [7, 11) is 0. The monoisotopic (exact) mass is 316 g/mol. The fraction of sp³-hybridized carbons (Fsp3) is 0.438. The van der Waals surface area contributed by atoms with Crippen molar-refractivity contribution < 1.29 is 14.6 Å². The minimum Gasteiger partial charge on any atom is -0.478 e. The number of carbonyl (C=O) groups is 1. The summed E-state index contributed by atoms with van der Waals surface area (Å²) < 4.78 is 6.81. The number of hydrogen-bond donors (Lipinski definition) is 1. The van der Waals surface area contributed by atoms with Crippen molar-refractivity contribution in [3.8, 4) is 0 Å². The molecule has 0 radical (unpaired) electrons. The van der Waals surface area contributed by atoms with Crippen molar-refractivity contribution in [2.24, 2.45) is 10.4 Å². The van der Waals surface area contributed by atoms with Crippen molar-refractivity contribution in [1.82, 2.24) is 14.7 Å². The average molecular weight is 316 g/mol. The van der Waals surface area contributed by atoms with Gasteiger partial charge in [-0.05, 0) is 18.6 Å². The molecule has 0 bridgehead atoms. The lowest BCUT2D eigenvalue weighted by Crippen LogP contribution is -2.65. The first-order valence-corrected chi connectivity index (χ1v) is 7.48. The van der Waals surface area contributed by atoms with Gasteiger partial charge in [0.15, 0.2) is 0 Å². The Labute approximate surface area is 134 Å². The molecule has 1 spiro atoms. The van der Waals surface area contributed by atoms with Gasteiger partial charge in [-0.15, -0.1) is 0 Å². The maximum Gasteiger partial charge on any atom is 0.338 e. The maximum absolute atomic E-state index is 10.8. The fourth-order valence-corrected chi connectivity index (χ4v) is 2.80. The summed E-state index contributed by atoms with van der Waals surface area (Å²) in [6.07, 6.45) is 6.49. The van der Waals surface area contributed by atoms with Crippen LogP contribution in [-0.4, -0.2) is 58.3 Å². The van der Waals surface area contributed by atoms with E-state index in [1.807, 2.05) is 13.0 Å². The van der Waals surface area contributed by atoms with Crippen LogP contribution in [0.15, 0.2) is 41.4 Å². The highest BCUT2D eigenvalue weighted by molar-refractivity contribution is 5.86. The van der Waals surface area contributed by atoms with Gasteiger partial charge >= 0.3 is 5.97 Å². The minimum atomic E-state index is -0.988. The second-order valence-electron chi connectivity index (χ2n) is 6.14. The molecule has 2 saturated heterocycles. The van der Waals surface area contributed by atoms with E-state index in [0.29, 0.717) is 12.0 Å². The molecule has 7 heteroatoms. The van der Waals surface area contributed by atoms with Crippen LogP contribution in [0.2, 0.25) is 0 Å². The van der Waals surface area contributed by atoms with Crippen LogP contribution < -0.4 is 0 Å². The van der Waals surface area contributed by atoms with E-state index < -0.39 is 5.97 Å². The van der Waals surface area contributed by atoms with Gasteiger partial charge in [0.05, 0.1) is 36.9 Å². The molecule has 7 nitrogen and oxygen atoms in total. The third-order valence-corrected chi connectivity index (χ3v) is 4.08. The molecule has 1 aromatic rings. The van der Waals surface area contributed by atoms with E-state index >= 15 is 0 Å². The highest BCUT2D eigenvalue weighted by atomic mass is 16.5. The van der Waals surface area contributed by atoms with E-state index in [1.165, 1.54) is 17.1 Å². The van der Waals surface area contributed by atoms with Crippen molar-refractivity contribution >= 4 is 12.2 Å². The van der Waals surface area contributed by atoms with Crippen molar-refractivity contribution in [2.45, 2.75) is 13.5 Å². The first-order valence-electron chi connectivity index (χ1n) is 7.48. The largest absolute Gasteiger partial charge is 0.478 e. The van der Waals surface area contributed by atoms with E-state index in [4.69, 9.17) is 9.84 Å². The molecule has 0 aromatic carbocycles. The molecule has 0 unspecified atom stereocenters. The maximum atomic E-state index is 10.8. The summed E-state index contributed by atoms with van der Waals surface area (Å²) in [6.45, 7) is 9.98. The summed E-state index contributed by atoms with van der Waals surface area (Å²) in [5.74, 6) is -0.0613. The van der Waals surface area contributed by atoms with Crippen molar-refractivity contribution in [2.75, 3.05) is 26.3 Å².